The number of aromatic nitrogens is 2. The van der Waals surface area contributed by atoms with Crippen molar-refractivity contribution in [3.05, 3.63) is 45.9 Å². The average Bonchev–Trinajstić information content (AvgIpc) is 2.93. The van der Waals surface area contributed by atoms with Crippen LogP contribution in [0.4, 0.5) is 5.95 Å². The Morgan fingerprint density at radius 2 is 1.67 bits per heavy atom. The van der Waals surface area contributed by atoms with Crippen LogP contribution in [-0.4, -0.2) is 33.0 Å². The Morgan fingerprint density at radius 3 is 2.19 bits per heavy atom. The summed E-state index contributed by atoms with van der Waals surface area (Å²) in [5.41, 5.74) is 6.28. The van der Waals surface area contributed by atoms with E-state index < -0.39 is 5.76 Å². The summed E-state index contributed by atoms with van der Waals surface area (Å²) in [4.78, 5) is 36.7. The molecule has 21 heavy (non-hydrogen) atoms. The van der Waals surface area contributed by atoms with Crippen molar-refractivity contribution in [2.75, 3.05) is 12.3 Å². The molecule has 1 aromatic carbocycles. The van der Waals surface area contributed by atoms with Gasteiger partial charge in [0.15, 0.2) is 0 Å². The molecule has 1 aromatic heterocycles. The van der Waals surface area contributed by atoms with Crippen LogP contribution in [0.3, 0.4) is 0 Å². The third-order valence-electron chi connectivity index (χ3n) is 3.36. The summed E-state index contributed by atoms with van der Waals surface area (Å²) >= 11 is 0. The zero-order valence-electron chi connectivity index (χ0n) is 11.0. The number of nitrogens with zero attached hydrogens (tertiary/aromatic N) is 3. The standard InChI is InChI=1S/C13H12N4O4/c14-12-15-21-13(20)17(12)7-3-6-16-10(18)8-4-1-2-5-9(8)11(16)19/h1-2,4-5H,3,6-7H2,(H2,14,15). The van der Waals surface area contributed by atoms with E-state index in [9.17, 15) is 14.4 Å². The third-order valence-corrected chi connectivity index (χ3v) is 3.36. The molecule has 0 saturated heterocycles. The second-order valence-corrected chi connectivity index (χ2v) is 4.62. The highest BCUT2D eigenvalue weighted by Gasteiger charge is 2.34. The van der Waals surface area contributed by atoms with Crippen LogP contribution >= 0.6 is 0 Å². The van der Waals surface area contributed by atoms with Crippen LogP contribution in [0, 0.1) is 0 Å². The molecule has 0 bridgehead atoms. The van der Waals surface area contributed by atoms with Crippen molar-refractivity contribution >= 4 is 17.8 Å². The summed E-state index contributed by atoms with van der Waals surface area (Å²) in [7, 11) is 0. The SMILES string of the molecule is Nc1noc(=O)n1CCCN1C(=O)c2ccccc2C1=O. The second-order valence-electron chi connectivity index (χ2n) is 4.62. The quantitative estimate of drug-likeness (QED) is 0.799. The molecule has 0 radical (unpaired) electrons. The number of amides is 2. The molecule has 1 aliphatic rings. The average molecular weight is 288 g/mol. The fourth-order valence-electron chi connectivity index (χ4n) is 2.31. The van der Waals surface area contributed by atoms with Crippen molar-refractivity contribution in [2.24, 2.45) is 0 Å². The van der Waals surface area contributed by atoms with E-state index in [1.54, 1.807) is 24.3 Å². The van der Waals surface area contributed by atoms with Crippen molar-refractivity contribution in [2.45, 2.75) is 13.0 Å². The molecule has 2 amide bonds. The lowest BCUT2D eigenvalue weighted by molar-refractivity contribution is 0.0650. The maximum absolute atomic E-state index is 12.1. The van der Waals surface area contributed by atoms with E-state index in [1.807, 2.05) is 0 Å². The molecular formula is C13H12N4O4. The van der Waals surface area contributed by atoms with E-state index in [4.69, 9.17) is 5.73 Å². The van der Waals surface area contributed by atoms with E-state index in [2.05, 4.69) is 9.68 Å². The summed E-state index contributed by atoms with van der Waals surface area (Å²) in [5.74, 6) is -1.32. The van der Waals surface area contributed by atoms with Crippen molar-refractivity contribution < 1.29 is 14.1 Å². The Balaban J connectivity index is 1.69. The molecule has 0 unspecified atom stereocenters. The molecule has 1 aliphatic heterocycles. The van der Waals surface area contributed by atoms with Crippen molar-refractivity contribution in [3.63, 3.8) is 0 Å². The summed E-state index contributed by atoms with van der Waals surface area (Å²) in [6.45, 7) is 0.422. The minimum Gasteiger partial charge on any atom is -0.367 e. The Kier molecular flexibility index (Phi) is 3.05. The fourth-order valence-corrected chi connectivity index (χ4v) is 2.31. The number of nitrogen functional groups attached to an aromatic ring is 1. The number of fused-ring (bicyclic) bond motifs is 1. The van der Waals surface area contributed by atoms with Gasteiger partial charge in [-0.3, -0.25) is 19.0 Å². The first-order valence-electron chi connectivity index (χ1n) is 6.37. The molecule has 0 spiro atoms. The fraction of sp³-hybridized carbons (Fsp3) is 0.231. The van der Waals surface area contributed by atoms with Gasteiger partial charge in [-0.05, 0) is 23.7 Å². The number of rotatable bonds is 4. The van der Waals surface area contributed by atoms with E-state index >= 15 is 0 Å². The lowest BCUT2D eigenvalue weighted by Crippen LogP contribution is -2.32. The largest absolute Gasteiger partial charge is 0.443 e. The van der Waals surface area contributed by atoms with Gasteiger partial charge in [0.1, 0.15) is 0 Å². The van der Waals surface area contributed by atoms with Gasteiger partial charge in [-0.2, -0.15) is 0 Å². The molecule has 8 nitrogen and oxygen atoms in total. The van der Waals surface area contributed by atoms with Gasteiger partial charge in [-0.25, -0.2) is 9.36 Å². The highest BCUT2D eigenvalue weighted by atomic mass is 16.5. The highest BCUT2D eigenvalue weighted by Crippen LogP contribution is 2.22. The van der Waals surface area contributed by atoms with Gasteiger partial charge >= 0.3 is 5.76 Å². The van der Waals surface area contributed by atoms with Crippen LogP contribution in [0.5, 0.6) is 0 Å². The summed E-state index contributed by atoms with van der Waals surface area (Å²) in [5, 5.41) is 3.33. The van der Waals surface area contributed by atoms with Crippen LogP contribution in [-0.2, 0) is 6.54 Å². The number of anilines is 1. The van der Waals surface area contributed by atoms with Crippen LogP contribution in [0.15, 0.2) is 33.6 Å². The molecule has 8 heteroatoms. The Labute approximate surface area is 118 Å². The molecule has 0 aliphatic carbocycles. The summed E-state index contributed by atoms with van der Waals surface area (Å²) in [6, 6.07) is 6.67. The molecule has 3 rings (SSSR count). The van der Waals surface area contributed by atoms with Crippen molar-refractivity contribution in [1.82, 2.24) is 14.6 Å². The topological polar surface area (TPSA) is 111 Å². The minimum atomic E-state index is -0.658. The second kappa shape index (κ2) is 4.89. The molecular weight excluding hydrogens is 276 g/mol. The van der Waals surface area contributed by atoms with Gasteiger partial charge in [-0.1, -0.05) is 12.1 Å². The third kappa shape index (κ3) is 2.10. The maximum atomic E-state index is 12.1. The molecule has 0 fully saturated rings. The number of carbonyl (C=O) groups is 2. The van der Waals surface area contributed by atoms with Crippen molar-refractivity contribution in [3.8, 4) is 0 Å². The first kappa shape index (κ1) is 13.1. The van der Waals surface area contributed by atoms with Gasteiger partial charge < -0.3 is 5.73 Å². The Hall–Kier alpha value is -2.90. The van der Waals surface area contributed by atoms with Crippen LogP contribution in [0.25, 0.3) is 0 Å². The number of benzene rings is 1. The highest BCUT2D eigenvalue weighted by molar-refractivity contribution is 6.21. The molecule has 2 aromatic rings. The molecule has 0 atom stereocenters. The zero-order valence-corrected chi connectivity index (χ0v) is 11.0. The van der Waals surface area contributed by atoms with Crippen LogP contribution in [0.1, 0.15) is 27.1 Å². The predicted molar refractivity (Wildman–Crippen MR) is 71.6 cm³/mol. The predicted octanol–water partition coefficient (Wildman–Crippen LogP) is 0.105. The first-order chi connectivity index (χ1) is 10.1. The molecule has 0 saturated carbocycles. The van der Waals surface area contributed by atoms with E-state index in [0.717, 1.165) is 4.57 Å². The van der Waals surface area contributed by atoms with E-state index in [1.165, 1.54) is 4.90 Å². The number of imide groups is 1. The molecule has 2 heterocycles. The van der Waals surface area contributed by atoms with Crippen molar-refractivity contribution in [1.29, 1.82) is 0 Å². The van der Waals surface area contributed by atoms with Gasteiger partial charge in [0, 0.05) is 13.1 Å². The van der Waals surface area contributed by atoms with Gasteiger partial charge in [0.05, 0.1) is 11.1 Å². The smallest absolute Gasteiger partial charge is 0.367 e. The first-order valence-corrected chi connectivity index (χ1v) is 6.37. The van der Waals surface area contributed by atoms with Crippen LogP contribution in [0.2, 0.25) is 0 Å². The number of hydrogen-bond acceptors (Lipinski definition) is 6. The summed E-state index contributed by atoms with van der Waals surface area (Å²) < 4.78 is 5.55. The Morgan fingerprint density at radius 1 is 1.05 bits per heavy atom. The maximum Gasteiger partial charge on any atom is 0.443 e. The number of carbonyl (C=O) groups excluding carboxylic acids is 2. The Bertz CT molecular complexity index is 741. The zero-order chi connectivity index (χ0) is 15.0. The number of hydrogen-bond donors (Lipinski definition) is 1. The van der Waals surface area contributed by atoms with Gasteiger partial charge in [0.2, 0.25) is 5.95 Å². The van der Waals surface area contributed by atoms with Crippen LogP contribution < -0.4 is 11.5 Å². The van der Waals surface area contributed by atoms with E-state index in [0.29, 0.717) is 17.5 Å². The summed E-state index contributed by atoms with van der Waals surface area (Å²) in [6.07, 6.45) is 0.386. The monoisotopic (exact) mass is 288 g/mol. The number of nitrogens with two attached hydrogens (primary N) is 1. The van der Waals surface area contributed by atoms with Gasteiger partial charge in [0.25, 0.3) is 11.8 Å². The minimum absolute atomic E-state index is 0.0256. The lowest BCUT2D eigenvalue weighted by Gasteiger charge is -2.13. The van der Waals surface area contributed by atoms with E-state index in [-0.39, 0.29) is 30.9 Å². The molecule has 108 valence electrons. The normalized spacial score (nSPS) is 13.8. The lowest BCUT2D eigenvalue weighted by atomic mass is 10.1. The molecule has 2 N–H and O–H groups in total. The van der Waals surface area contributed by atoms with Gasteiger partial charge in [-0.15, -0.1) is 0 Å².